The first-order valence-corrected chi connectivity index (χ1v) is 5.78. The Labute approximate surface area is 114 Å². The van der Waals surface area contributed by atoms with Gasteiger partial charge in [0.05, 0.1) is 19.8 Å². The van der Waals surface area contributed by atoms with Crippen molar-refractivity contribution in [3.8, 4) is 16.9 Å². The number of carbonyl (C=O) groups excluding carboxylic acids is 1. The van der Waals surface area contributed by atoms with E-state index in [2.05, 4.69) is 4.74 Å². The number of hydrogen-bond donors (Lipinski definition) is 0. The molecule has 0 fully saturated rings. The van der Waals surface area contributed by atoms with Crippen molar-refractivity contribution in [1.29, 1.82) is 0 Å². The summed E-state index contributed by atoms with van der Waals surface area (Å²) in [5.74, 6) is -1.38. The van der Waals surface area contributed by atoms with E-state index in [9.17, 15) is 13.6 Å². The minimum Gasteiger partial charge on any atom is -0.496 e. The molecule has 3 nitrogen and oxygen atoms in total. The highest BCUT2D eigenvalue weighted by molar-refractivity contribution is 5.91. The molecule has 104 valence electrons. The van der Waals surface area contributed by atoms with Gasteiger partial charge in [0, 0.05) is 5.56 Å². The summed E-state index contributed by atoms with van der Waals surface area (Å²) < 4.78 is 36.6. The van der Waals surface area contributed by atoms with Crippen LogP contribution in [0, 0.1) is 11.6 Å². The number of carbonyl (C=O) groups is 1. The zero-order chi connectivity index (χ0) is 14.7. The Morgan fingerprint density at radius 3 is 2.40 bits per heavy atom. The first kappa shape index (κ1) is 14.0. The molecule has 5 heteroatoms. The Morgan fingerprint density at radius 2 is 1.75 bits per heavy atom. The maximum absolute atomic E-state index is 13.6. The van der Waals surface area contributed by atoms with Gasteiger partial charge >= 0.3 is 5.97 Å². The van der Waals surface area contributed by atoms with Crippen LogP contribution in [0.25, 0.3) is 11.1 Å². The molecule has 2 rings (SSSR count). The molecule has 0 aliphatic carbocycles. The van der Waals surface area contributed by atoms with E-state index in [0.29, 0.717) is 16.9 Å². The SMILES string of the molecule is COC(=O)c1cc(F)cc(-c2cc(F)ccc2OC)c1. The molecular weight excluding hydrogens is 266 g/mol. The molecule has 0 N–H and O–H groups in total. The second kappa shape index (κ2) is 5.69. The minimum atomic E-state index is -0.666. The monoisotopic (exact) mass is 278 g/mol. The van der Waals surface area contributed by atoms with Gasteiger partial charge in [-0.3, -0.25) is 0 Å². The average Bonchev–Trinajstić information content (AvgIpc) is 2.45. The predicted octanol–water partition coefficient (Wildman–Crippen LogP) is 3.43. The second-order valence-electron chi connectivity index (χ2n) is 4.06. The Bertz CT molecular complexity index is 654. The van der Waals surface area contributed by atoms with E-state index in [1.54, 1.807) is 0 Å². The van der Waals surface area contributed by atoms with Crippen LogP contribution in [0.3, 0.4) is 0 Å². The van der Waals surface area contributed by atoms with Crippen LogP contribution in [-0.4, -0.2) is 20.2 Å². The van der Waals surface area contributed by atoms with E-state index < -0.39 is 17.6 Å². The van der Waals surface area contributed by atoms with Gasteiger partial charge < -0.3 is 9.47 Å². The standard InChI is InChI=1S/C15H12F2O3/c1-19-14-4-3-11(16)8-13(14)9-5-10(15(18)20-2)7-12(17)6-9/h3-8H,1-2H3. The number of benzene rings is 2. The van der Waals surface area contributed by atoms with Gasteiger partial charge in [0.2, 0.25) is 0 Å². The fraction of sp³-hybridized carbons (Fsp3) is 0.133. The normalized spacial score (nSPS) is 10.2. The summed E-state index contributed by atoms with van der Waals surface area (Å²) >= 11 is 0. The number of hydrogen-bond acceptors (Lipinski definition) is 3. The van der Waals surface area contributed by atoms with Gasteiger partial charge in [-0.15, -0.1) is 0 Å². The molecule has 0 unspecified atom stereocenters. The van der Waals surface area contributed by atoms with Crippen LogP contribution in [-0.2, 0) is 4.74 Å². The smallest absolute Gasteiger partial charge is 0.337 e. The molecule has 0 heterocycles. The quantitative estimate of drug-likeness (QED) is 0.807. The highest BCUT2D eigenvalue weighted by Crippen LogP contribution is 2.31. The number of ether oxygens (including phenoxy) is 2. The van der Waals surface area contributed by atoms with Gasteiger partial charge in [-0.05, 0) is 42.0 Å². The summed E-state index contributed by atoms with van der Waals surface area (Å²) in [4.78, 5) is 11.5. The number of rotatable bonds is 3. The lowest BCUT2D eigenvalue weighted by atomic mass is 10.0. The number of halogens is 2. The van der Waals surface area contributed by atoms with Crippen LogP contribution < -0.4 is 4.74 Å². The first-order valence-electron chi connectivity index (χ1n) is 5.78. The Hall–Kier alpha value is -2.43. The lowest BCUT2D eigenvalue weighted by Gasteiger charge is -2.10. The predicted molar refractivity (Wildman–Crippen MR) is 69.7 cm³/mol. The molecule has 2 aromatic rings. The van der Waals surface area contributed by atoms with E-state index in [-0.39, 0.29) is 5.56 Å². The van der Waals surface area contributed by atoms with E-state index in [1.165, 1.54) is 44.6 Å². The molecule has 0 spiro atoms. The van der Waals surface area contributed by atoms with Crippen LogP contribution in [0.1, 0.15) is 10.4 Å². The van der Waals surface area contributed by atoms with Crippen LogP contribution in [0.15, 0.2) is 36.4 Å². The Kier molecular flexibility index (Phi) is 3.98. The van der Waals surface area contributed by atoms with Gasteiger partial charge in [0.1, 0.15) is 17.4 Å². The maximum Gasteiger partial charge on any atom is 0.337 e. The molecule has 0 atom stereocenters. The number of esters is 1. The van der Waals surface area contributed by atoms with Crippen LogP contribution in [0.4, 0.5) is 8.78 Å². The van der Waals surface area contributed by atoms with Crippen LogP contribution in [0.2, 0.25) is 0 Å². The van der Waals surface area contributed by atoms with Crippen molar-refractivity contribution in [2.45, 2.75) is 0 Å². The van der Waals surface area contributed by atoms with Crippen molar-refractivity contribution >= 4 is 5.97 Å². The average molecular weight is 278 g/mol. The molecule has 0 aromatic heterocycles. The van der Waals surface area contributed by atoms with Gasteiger partial charge in [-0.25, -0.2) is 13.6 Å². The third-order valence-corrected chi connectivity index (χ3v) is 2.79. The summed E-state index contributed by atoms with van der Waals surface area (Å²) in [5.41, 5.74) is 0.743. The van der Waals surface area contributed by atoms with Crippen molar-refractivity contribution in [2.24, 2.45) is 0 Å². The van der Waals surface area contributed by atoms with E-state index in [0.717, 1.165) is 6.07 Å². The number of methoxy groups -OCH3 is 2. The highest BCUT2D eigenvalue weighted by Gasteiger charge is 2.13. The molecule has 0 saturated heterocycles. The molecule has 0 radical (unpaired) electrons. The van der Waals surface area contributed by atoms with Crippen molar-refractivity contribution in [3.05, 3.63) is 53.6 Å². The lowest BCUT2D eigenvalue weighted by Crippen LogP contribution is -2.02. The summed E-state index contributed by atoms with van der Waals surface area (Å²) in [6.07, 6.45) is 0. The Balaban J connectivity index is 2.60. The highest BCUT2D eigenvalue weighted by atomic mass is 19.1. The molecule has 20 heavy (non-hydrogen) atoms. The molecule has 0 saturated carbocycles. The van der Waals surface area contributed by atoms with Gasteiger partial charge in [0.25, 0.3) is 0 Å². The van der Waals surface area contributed by atoms with E-state index >= 15 is 0 Å². The van der Waals surface area contributed by atoms with Crippen LogP contribution >= 0.6 is 0 Å². The van der Waals surface area contributed by atoms with Crippen molar-refractivity contribution < 1.29 is 23.0 Å². The zero-order valence-corrected chi connectivity index (χ0v) is 10.9. The van der Waals surface area contributed by atoms with Crippen LogP contribution in [0.5, 0.6) is 5.75 Å². The maximum atomic E-state index is 13.6. The summed E-state index contributed by atoms with van der Waals surface area (Å²) in [6.45, 7) is 0. The third-order valence-electron chi connectivity index (χ3n) is 2.79. The largest absolute Gasteiger partial charge is 0.496 e. The molecule has 0 aliphatic rings. The molecule has 0 aliphatic heterocycles. The molecule has 0 bridgehead atoms. The lowest BCUT2D eigenvalue weighted by molar-refractivity contribution is 0.0600. The second-order valence-corrected chi connectivity index (χ2v) is 4.06. The van der Waals surface area contributed by atoms with Crippen molar-refractivity contribution in [2.75, 3.05) is 14.2 Å². The van der Waals surface area contributed by atoms with Gasteiger partial charge in [0.15, 0.2) is 0 Å². The topological polar surface area (TPSA) is 35.5 Å². The van der Waals surface area contributed by atoms with E-state index in [1.807, 2.05) is 0 Å². The van der Waals surface area contributed by atoms with Gasteiger partial charge in [-0.2, -0.15) is 0 Å². The molecular formula is C15H12F2O3. The van der Waals surface area contributed by atoms with Crippen molar-refractivity contribution in [1.82, 2.24) is 0 Å². The molecule has 2 aromatic carbocycles. The summed E-state index contributed by atoms with van der Waals surface area (Å²) in [6, 6.07) is 7.57. The summed E-state index contributed by atoms with van der Waals surface area (Å²) in [5, 5.41) is 0. The minimum absolute atomic E-state index is 0.0498. The third kappa shape index (κ3) is 2.77. The van der Waals surface area contributed by atoms with E-state index in [4.69, 9.17) is 4.74 Å². The molecule has 0 amide bonds. The zero-order valence-electron chi connectivity index (χ0n) is 10.9. The van der Waals surface area contributed by atoms with Gasteiger partial charge in [-0.1, -0.05) is 0 Å². The fourth-order valence-corrected chi connectivity index (χ4v) is 1.89. The van der Waals surface area contributed by atoms with Crippen molar-refractivity contribution in [3.63, 3.8) is 0 Å². The Morgan fingerprint density at radius 1 is 1.00 bits per heavy atom. The first-order chi connectivity index (χ1) is 9.55. The summed E-state index contributed by atoms with van der Waals surface area (Å²) in [7, 11) is 2.63. The fourth-order valence-electron chi connectivity index (χ4n) is 1.89.